The molecule has 15 heavy (non-hydrogen) atoms. The Kier molecular flexibility index (Phi) is 2.82. The van der Waals surface area contributed by atoms with Crippen LogP contribution in [-0.2, 0) is 6.54 Å². The normalized spacial score (nSPS) is 9.93. The van der Waals surface area contributed by atoms with Gasteiger partial charge in [-0.05, 0) is 12.5 Å². The van der Waals surface area contributed by atoms with Gasteiger partial charge in [0.15, 0.2) is 5.82 Å². The summed E-state index contributed by atoms with van der Waals surface area (Å²) in [5, 5.41) is 18.4. The number of aromatic nitrogens is 4. The van der Waals surface area contributed by atoms with Gasteiger partial charge in [-0.2, -0.15) is 0 Å². The molecular weight excluding hydrogens is 190 g/mol. The minimum Gasteiger partial charge on any atom is -0.348 e. The van der Waals surface area contributed by atoms with Crippen LogP contribution in [0.5, 0.6) is 0 Å². The highest BCUT2D eigenvalue weighted by molar-refractivity contribution is 5.24. The Balaban J connectivity index is 1.96. The van der Waals surface area contributed by atoms with E-state index in [9.17, 15) is 0 Å². The first-order valence-corrected chi connectivity index (χ1v) is 4.66. The van der Waals surface area contributed by atoms with Crippen molar-refractivity contribution in [3.05, 3.63) is 41.7 Å². The second-order valence-corrected chi connectivity index (χ2v) is 3.11. The fourth-order valence-corrected chi connectivity index (χ4v) is 1.13. The summed E-state index contributed by atoms with van der Waals surface area (Å²) < 4.78 is 0. The lowest BCUT2D eigenvalue weighted by Gasteiger charge is -2.02. The molecule has 1 aromatic heterocycles. The highest BCUT2D eigenvalue weighted by atomic mass is 15.3. The fraction of sp³-hybridized carbons (Fsp3) is 0.200. The SMILES string of the molecule is Cc1nnc(NCc2ccccc2)nn1. The van der Waals surface area contributed by atoms with Crippen LogP contribution in [0.15, 0.2) is 30.3 Å². The molecule has 0 spiro atoms. The summed E-state index contributed by atoms with van der Waals surface area (Å²) in [6.45, 7) is 2.42. The molecule has 0 saturated heterocycles. The van der Waals surface area contributed by atoms with E-state index < -0.39 is 0 Å². The zero-order valence-electron chi connectivity index (χ0n) is 8.38. The van der Waals surface area contributed by atoms with Crippen LogP contribution in [-0.4, -0.2) is 20.4 Å². The van der Waals surface area contributed by atoms with Crippen LogP contribution in [0.3, 0.4) is 0 Å². The summed E-state index contributed by atoms with van der Waals surface area (Å²) in [4.78, 5) is 0. The third-order valence-corrected chi connectivity index (χ3v) is 1.87. The first kappa shape index (κ1) is 9.51. The van der Waals surface area contributed by atoms with E-state index in [4.69, 9.17) is 0 Å². The number of rotatable bonds is 3. The molecule has 0 amide bonds. The number of hydrogen-bond acceptors (Lipinski definition) is 5. The topological polar surface area (TPSA) is 63.6 Å². The van der Waals surface area contributed by atoms with Crippen molar-refractivity contribution in [2.45, 2.75) is 13.5 Å². The lowest BCUT2D eigenvalue weighted by atomic mass is 10.2. The van der Waals surface area contributed by atoms with Gasteiger partial charge in [-0.3, -0.25) is 0 Å². The van der Waals surface area contributed by atoms with Gasteiger partial charge in [-0.1, -0.05) is 30.3 Å². The van der Waals surface area contributed by atoms with Crippen molar-refractivity contribution in [3.63, 3.8) is 0 Å². The molecule has 1 N–H and O–H groups in total. The van der Waals surface area contributed by atoms with Crippen molar-refractivity contribution in [2.75, 3.05) is 5.32 Å². The molecule has 0 aliphatic carbocycles. The summed E-state index contributed by atoms with van der Waals surface area (Å²) in [5.41, 5.74) is 1.17. The maximum absolute atomic E-state index is 3.86. The molecule has 1 heterocycles. The molecule has 2 aromatic rings. The second-order valence-electron chi connectivity index (χ2n) is 3.11. The molecule has 0 radical (unpaired) electrons. The van der Waals surface area contributed by atoms with E-state index in [1.807, 2.05) is 30.3 Å². The van der Waals surface area contributed by atoms with Gasteiger partial charge in [-0.15, -0.1) is 20.4 Å². The number of anilines is 1. The molecule has 0 saturated carbocycles. The van der Waals surface area contributed by atoms with Gasteiger partial charge in [0.1, 0.15) is 0 Å². The molecular formula is C10H11N5. The standard InChI is InChI=1S/C10H11N5/c1-8-12-14-10(15-13-8)11-7-9-5-3-2-4-6-9/h2-6H,7H2,1H3,(H,11,14,15). The van der Waals surface area contributed by atoms with Gasteiger partial charge in [-0.25, -0.2) is 0 Å². The third kappa shape index (κ3) is 2.70. The average Bonchev–Trinajstić information content (AvgIpc) is 2.30. The minimum absolute atomic E-state index is 0.449. The van der Waals surface area contributed by atoms with Crippen LogP contribution < -0.4 is 5.32 Å². The molecule has 0 unspecified atom stereocenters. The number of benzene rings is 1. The first-order valence-electron chi connectivity index (χ1n) is 4.66. The van der Waals surface area contributed by atoms with E-state index in [0.29, 0.717) is 18.3 Å². The molecule has 2 rings (SSSR count). The van der Waals surface area contributed by atoms with Crippen LogP contribution in [0, 0.1) is 6.92 Å². The van der Waals surface area contributed by atoms with Crippen molar-refractivity contribution < 1.29 is 0 Å². The summed E-state index contributed by atoms with van der Waals surface area (Å²) >= 11 is 0. The molecule has 5 heteroatoms. The Morgan fingerprint density at radius 2 is 1.67 bits per heavy atom. The van der Waals surface area contributed by atoms with Gasteiger partial charge >= 0.3 is 0 Å². The predicted molar refractivity (Wildman–Crippen MR) is 56.1 cm³/mol. The number of aryl methyl sites for hydroxylation is 1. The molecule has 0 atom stereocenters. The van der Waals surface area contributed by atoms with Crippen LogP contribution in [0.1, 0.15) is 11.4 Å². The Hall–Kier alpha value is -2.04. The van der Waals surface area contributed by atoms with E-state index in [0.717, 1.165) is 0 Å². The predicted octanol–water partition coefficient (Wildman–Crippen LogP) is 1.19. The maximum atomic E-state index is 3.86. The summed E-state index contributed by atoms with van der Waals surface area (Å²) in [7, 11) is 0. The van der Waals surface area contributed by atoms with E-state index in [1.165, 1.54) is 5.56 Å². The van der Waals surface area contributed by atoms with Gasteiger partial charge < -0.3 is 5.32 Å². The minimum atomic E-state index is 0.449. The lowest BCUT2D eigenvalue weighted by molar-refractivity contribution is 0.805. The van der Waals surface area contributed by atoms with Crippen LogP contribution >= 0.6 is 0 Å². The number of hydrogen-bond donors (Lipinski definition) is 1. The molecule has 5 nitrogen and oxygen atoms in total. The van der Waals surface area contributed by atoms with E-state index in [2.05, 4.69) is 25.7 Å². The van der Waals surface area contributed by atoms with E-state index in [1.54, 1.807) is 6.92 Å². The molecule has 1 aromatic carbocycles. The van der Waals surface area contributed by atoms with Crippen molar-refractivity contribution in [2.24, 2.45) is 0 Å². The van der Waals surface area contributed by atoms with Gasteiger partial charge in [0.2, 0.25) is 0 Å². The zero-order valence-corrected chi connectivity index (χ0v) is 8.38. The number of nitrogens with one attached hydrogen (secondary N) is 1. The van der Waals surface area contributed by atoms with E-state index in [-0.39, 0.29) is 0 Å². The van der Waals surface area contributed by atoms with Crippen LogP contribution in [0.4, 0.5) is 5.95 Å². The largest absolute Gasteiger partial charge is 0.348 e. The quantitative estimate of drug-likeness (QED) is 0.808. The Labute approximate surface area is 87.6 Å². The smallest absolute Gasteiger partial charge is 0.262 e. The first-order chi connectivity index (χ1) is 7.34. The maximum Gasteiger partial charge on any atom is 0.262 e. The average molecular weight is 201 g/mol. The summed E-state index contributed by atoms with van der Waals surface area (Å²) in [5.74, 6) is 1.02. The Morgan fingerprint density at radius 3 is 2.33 bits per heavy atom. The Morgan fingerprint density at radius 1 is 1.00 bits per heavy atom. The number of nitrogens with zero attached hydrogens (tertiary/aromatic N) is 4. The van der Waals surface area contributed by atoms with Crippen molar-refractivity contribution >= 4 is 5.95 Å². The summed E-state index contributed by atoms with van der Waals surface area (Å²) in [6, 6.07) is 10.0. The van der Waals surface area contributed by atoms with Gasteiger partial charge in [0, 0.05) is 6.54 Å². The zero-order chi connectivity index (χ0) is 10.5. The molecule has 0 bridgehead atoms. The highest BCUT2D eigenvalue weighted by Crippen LogP contribution is 2.01. The highest BCUT2D eigenvalue weighted by Gasteiger charge is 1.97. The third-order valence-electron chi connectivity index (χ3n) is 1.87. The van der Waals surface area contributed by atoms with Crippen LogP contribution in [0.25, 0.3) is 0 Å². The van der Waals surface area contributed by atoms with Crippen molar-refractivity contribution in [3.8, 4) is 0 Å². The van der Waals surface area contributed by atoms with E-state index >= 15 is 0 Å². The molecule has 0 aliphatic heterocycles. The van der Waals surface area contributed by atoms with Crippen molar-refractivity contribution in [1.29, 1.82) is 0 Å². The lowest BCUT2D eigenvalue weighted by Crippen LogP contribution is -2.06. The van der Waals surface area contributed by atoms with Crippen molar-refractivity contribution in [1.82, 2.24) is 20.4 Å². The fourth-order valence-electron chi connectivity index (χ4n) is 1.13. The monoisotopic (exact) mass is 201 g/mol. The molecule has 0 aliphatic rings. The van der Waals surface area contributed by atoms with Gasteiger partial charge in [0.25, 0.3) is 5.95 Å². The molecule has 0 fully saturated rings. The molecule has 76 valence electrons. The van der Waals surface area contributed by atoms with Gasteiger partial charge in [0.05, 0.1) is 0 Å². The second kappa shape index (κ2) is 4.45. The van der Waals surface area contributed by atoms with Crippen LogP contribution in [0.2, 0.25) is 0 Å². The Bertz CT molecular complexity index is 412. The summed E-state index contributed by atoms with van der Waals surface area (Å²) in [6.07, 6.45) is 0.